The second-order valence-electron chi connectivity index (χ2n) is 6.20. The molecule has 2 fully saturated rings. The van der Waals surface area contributed by atoms with Crippen molar-refractivity contribution in [3.63, 3.8) is 0 Å². The van der Waals surface area contributed by atoms with Crippen molar-refractivity contribution in [1.82, 2.24) is 9.80 Å². The third-order valence-corrected chi connectivity index (χ3v) is 4.86. The van der Waals surface area contributed by atoms with Gasteiger partial charge in [0.15, 0.2) is 6.61 Å². The minimum Gasteiger partial charge on any atom is -0.482 e. The van der Waals surface area contributed by atoms with Gasteiger partial charge in [0.1, 0.15) is 5.75 Å². The minimum atomic E-state index is -0.0956. The molecule has 1 saturated carbocycles. The number of halogens is 2. The Balaban J connectivity index is 1.50. The Kier molecular flexibility index (Phi) is 5.51. The van der Waals surface area contributed by atoms with Crippen LogP contribution < -0.4 is 4.74 Å². The molecule has 0 N–H and O–H groups in total. The summed E-state index contributed by atoms with van der Waals surface area (Å²) in [6.07, 6.45) is 2.81. The highest BCUT2D eigenvalue weighted by molar-refractivity contribution is 6.35. The van der Waals surface area contributed by atoms with Crippen LogP contribution in [0.25, 0.3) is 0 Å². The maximum Gasteiger partial charge on any atom is 0.260 e. The van der Waals surface area contributed by atoms with Crippen LogP contribution in [0.3, 0.4) is 0 Å². The van der Waals surface area contributed by atoms with Crippen LogP contribution in [-0.4, -0.2) is 54.4 Å². The van der Waals surface area contributed by atoms with Crippen LogP contribution in [0.15, 0.2) is 18.2 Å². The predicted octanol–water partition coefficient (Wildman–Crippen LogP) is 2.84. The van der Waals surface area contributed by atoms with Crippen LogP contribution in [0.5, 0.6) is 5.75 Å². The van der Waals surface area contributed by atoms with Crippen LogP contribution in [0, 0.1) is 5.92 Å². The van der Waals surface area contributed by atoms with E-state index in [9.17, 15) is 9.59 Å². The van der Waals surface area contributed by atoms with E-state index in [0.717, 1.165) is 25.8 Å². The number of hydrogen-bond acceptors (Lipinski definition) is 3. The molecular weight excluding hydrogens is 351 g/mol. The Labute approximate surface area is 151 Å². The van der Waals surface area contributed by atoms with Crippen molar-refractivity contribution < 1.29 is 14.3 Å². The molecule has 0 radical (unpaired) electrons. The first-order valence-corrected chi connectivity index (χ1v) is 8.94. The maximum atomic E-state index is 12.4. The lowest BCUT2D eigenvalue weighted by atomic mass is 10.3. The van der Waals surface area contributed by atoms with Crippen molar-refractivity contribution in [3.8, 4) is 5.75 Å². The van der Waals surface area contributed by atoms with Gasteiger partial charge in [-0.1, -0.05) is 23.2 Å². The van der Waals surface area contributed by atoms with E-state index in [2.05, 4.69) is 0 Å². The van der Waals surface area contributed by atoms with Gasteiger partial charge in [-0.2, -0.15) is 0 Å². The van der Waals surface area contributed by atoms with Gasteiger partial charge in [0.25, 0.3) is 5.91 Å². The highest BCUT2D eigenvalue weighted by atomic mass is 35.5. The number of carbonyl (C=O) groups excluding carboxylic acids is 2. The van der Waals surface area contributed by atoms with Crippen molar-refractivity contribution in [2.45, 2.75) is 19.3 Å². The molecule has 1 aliphatic heterocycles. The standard InChI is InChI=1S/C17H20Cl2N2O3/c18-13-4-5-15(14(19)10-13)24-11-16(22)20-6-1-7-21(9-8-20)17(23)12-2-3-12/h4-5,10,12H,1-3,6-9,11H2. The van der Waals surface area contributed by atoms with Crippen LogP contribution >= 0.6 is 23.2 Å². The minimum absolute atomic E-state index is 0.0715. The molecule has 0 atom stereocenters. The molecule has 0 spiro atoms. The van der Waals surface area contributed by atoms with E-state index in [1.54, 1.807) is 23.1 Å². The predicted molar refractivity (Wildman–Crippen MR) is 92.5 cm³/mol. The number of nitrogens with zero attached hydrogens (tertiary/aromatic N) is 2. The van der Waals surface area contributed by atoms with E-state index in [0.29, 0.717) is 35.4 Å². The summed E-state index contributed by atoms with van der Waals surface area (Å²) in [5, 5.41) is 0.902. The lowest BCUT2D eigenvalue weighted by Gasteiger charge is -2.22. The molecule has 1 aliphatic carbocycles. The molecule has 24 heavy (non-hydrogen) atoms. The fraction of sp³-hybridized carbons (Fsp3) is 0.529. The second-order valence-corrected chi connectivity index (χ2v) is 7.04. The van der Waals surface area contributed by atoms with Crippen LogP contribution in [0.2, 0.25) is 10.0 Å². The number of rotatable bonds is 4. The summed E-state index contributed by atoms with van der Waals surface area (Å²) >= 11 is 11.9. The van der Waals surface area contributed by atoms with Crippen LogP contribution in [0.1, 0.15) is 19.3 Å². The van der Waals surface area contributed by atoms with E-state index in [1.807, 2.05) is 4.90 Å². The largest absolute Gasteiger partial charge is 0.482 e. The van der Waals surface area contributed by atoms with Crippen molar-refractivity contribution in [1.29, 1.82) is 0 Å². The van der Waals surface area contributed by atoms with Crippen LogP contribution in [-0.2, 0) is 9.59 Å². The van der Waals surface area contributed by atoms with Crippen molar-refractivity contribution in [2.24, 2.45) is 5.92 Å². The summed E-state index contributed by atoms with van der Waals surface area (Å²) in [5.41, 5.74) is 0. The van der Waals surface area contributed by atoms with Crippen LogP contribution in [0.4, 0.5) is 0 Å². The molecule has 0 aromatic heterocycles. The van der Waals surface area contributed by atoms with Crippen molar-refractivity contribution >= 4 is 35.0 Å². The van der Waals surface area contributed by atoms with E-state index < -0.39 is 0 Å². The van der Waals surface area contributed by atoms with Gasteiger partial charge in [-0.05, 0) is 37.5 Å². The molecule has 0 bridgehead atoms. The fourth-order valence-electron chi connectivity index (χ4n) is 2.80. The molecule has 1 aromatic rings. The summed E-state index contributed by atoms with van der Waals surface area (Å²) in [7, 11) is 0. The highest BCUT2D eigenvalue weighted by Crippen LogP contribution is 2.31. The summed E-state index contributed by atoms with van der Waals surface area (Å²) in [6.45, 7) is 2.45. The van der Waals surface area contributed by atoms with Gasteiger partial charge in [-0.25, -0.2) is 0 Å². The number of ether oxygens (including phenoxy) is 1. The topological polar surface area (TPSA) is 49.9 Å². The lowest BCUT2D eigenvalue weighted by molar-refractivity contribution is -0.135. The second kappa shape index (κ2) is 7.62. The average Bonchev–Trinajstić information content (AvgIpc) is 3.39. The van der Waals surface area contributed by atoms with Crippen molar-refractivity contribution in [2.75, 3.05) is 32.8 Å². The van der Waals surface area contributed by atoms with Crippen molar-refractivity contribution in [3.05, 3.63) is 28.2 Å². The Morgan fingerprint density at radius 1 is 1.08 bits per heavy atom. The molecule has 0 unspecified atom stereocenters. The quantitative estimate of drug-likeness (QED) is 0.818. The zero-order valence-corrected chi connectivity index (χ0v) is 14.9. The highest BCUT2D eigenvalue weighted by Gasteiger charge is 2.34. The normalized spacial score (nSPS) is 18.2. The Hall–Kier alpha value is -1.46. The third kappa shape index (κ3) is 4.33. The summed E-state index contributed by atoms with van der Waals surface area (Å²) in [4.78, 5) is 28.1. The number of amides is 2. The van der Waals surface area contributed by atoms with Gasteiger partial charge < -0.3 is 14.5 Å². The Morgan fingerprint density at radius 2 is 1.79 bits per heavy atom. The molecule has 2 aliphatic rings. The molecule has 130 valence electrons. The molecule has 1 saturated heterocycles. The molecule has 1 aromatic carbocycles. The zero-order valence-electron chi connectivity index (χ0n) is 13.3. The molecule has 3 rings (SSSR count). The molecule has 1 heterocycles. The number of hydrogen-bond donors (Lipinski definition) is 0. The van der Waals surface area contributed by atoms with E-state index in [-0.39, 0.29) is 24.3 Å². The molecule has 7 heteroatoms. The summed E-state index contributed by atoms with van der Waals surface area (Å²) in [6, 6.07) is 4.90. The van der Waals surface area contributed by atoms with Gasteiger partial charge in [-0.15, -0.1) is 0 Å². The SMILES string of the molecule is O=C(COc1ccc(Cl)cc1Cl)N1CCCN(C(=O)C2CC2)CC1. The first kappa shape index (κ1) is 17.4. The lowest BCUT2D eigenvalue weighted by Crippen LogP contribution is -2.39. The molecule has 5 nitrogen and oxygen atoms in total. The monoisotopic (exact) mass is 370 g/mol. The smallest absolute Gasteiger partial charge is 0.260 e. The fourth-order valence-corrected chi connectivity index (χ4v) is 3.26. The van der Waals surface area contributed by atoms with E-state index in [4.69, 9.17) is 27.9 Å². The first-order chi connectivity index (χ1) is 11.5. The molecular formula is C17H20Cl2N2O3. The zero-order chi connectivity index (χ0) is 17.1. The first-order valence-electron chi connectivity index (χ1n) is 8.19. The van der Waals surface area contributed by atoms with Gasteiger partial charge in [-0.3, -0.25) is 9.59 Å². The molecule has 2 amide bonds. The Bertz CT molecular complexity index is 634. The van der Waals surface area contributed by atoms with E-state index >= 15 is 0 Å². The maximum absolute atomic E-state index is 12.4. The van der Waals surface area contributed by atoms with Gasteiger partial charge >= 0.3 is 0 Å². The number of carbonyl (C=O) groups is 2. The summed E-state index contributed by atoms with van der Waals surface area (Å²) < 4.78 is 5.51. The Morgan fingerprint density at radius 3 is 2.50 bits per heavy atom. The number of benzene rings is 1. The van der Waals surface area contributed by atoms with Gasteiger partial charge in [0.2, 0.25) is 5.91 Å². The van der Waals surface area contributed by atoms with Gasteiger partial charge in [0, 0.05) is 37.1 Å². The third-order valence-electron chi connectivity index (χ3n) is 4.33. The van der Waals surface area contributed by atoms with E-state index in [1.165, 1.54) is 0 Å². The summed E-state index contributed by atoms with van der Waals surface area (Å²) in [5.74, 6) is 0.813. The average molecular weight is 371 g/mol. The van der Waals surface area contributed by atoms with Gasteiger partial charge in [0.05, 0.1) is 5.02 Å².